The van der Waals surface area contributed by atoms with Crippen molar-refractivity contribution in [2.45, 2.75) is 38.6 Å². The van der Waals surface area contributed by atoms with Gasteiger partial charge >= 0.3 is 18.0 Å². The van der Waals surface area contributed by atoms with E-state index in [1.807, 2.05) is 24.3 Å². The standard InChI is InChI=1S/C19H21ClN4O4.C14H13Cl2N5O2/c1-19(2,3)28-18(26)23-10-15(11-23)27-16(25)7-8-24-12-21-17(22-24)13-5-4-6-14(20)9-13;15-11-3-1-2-10(6-11)14-17-9-20(18-14)5-4-13(22)23-12-7-21(8-12)19-16/h4-9,12,15H,10-11H2,1-3H3;1-6,9,12,19H,7-8H2/b8-7+;5-4+. The molecule has 2 aromatic carbocycles. The molecule has 6 rings (SSSR count). The Morgan fingerprint density at radius 2 is 1.25 bits per heavy atom. The highest BCUT2D eigenvalue weighted by molar-refractivity contribution is 6.31. The van der Waals surface area contributed by atoms with Crippen molar-refractivity contribution in [1.82, 2.24) is 44.4 Å². The van der Waals surface area contributed by atoms with E-state index in [0.717, 1.165) is 11.1 Å². The summed E-state index contributed by atoms with van der Waals surface area (Å²) in [5.74, 6) is 0.0542. The van der Waals surface area contributed by atoms with E-state index in [2.05, 4.69) is 25.1 Å². The van der Waals surface area contributed by atoms with Gasteiger partial charge in [-0.15, -0.1) is 10.2 Å². The first-order valence-corrected chi connectivity index (χ1v) is 16.7. The van der Waals surface area contributed by atoms with Gasteiger partial charge in [-0.3, -0.25) is 0 Å². The first-order valence-electron chi connectivity index (χ1n) is 15.5. The second-order valence-corrected chi connectivity index (χ2v) is 13.3. The summed E-state index contributed by atoms with van der Waals surface area (Å²) in [6.07, 6.45) is 7.56. The molecule has 0 unspecified atom stereocenters. The van der Waals surface area contributed by atoms with Gasteiger partial charge in [0.05, 0.1) is 26.2 Å². The number of benzene rings is 2. The number of halogens is 3. The summed E-state index contributed by atoms with van der Waals surface area (Å²) >= 11 is 17.3. The largest absolute Gasteiger partial charge is 0.456 e. The van der Waals surface area contributed by atoms with E-state index < -0.39 is 23.6 Å². The third-order valence-electron chi connectivity index (χ3n) is 6.94. The lowest BCUT2D eigenvalue weighted by molar-refractivity contribution is -0.152. The molecule has 1 amide bonds. The Kier molecular flexibility index (Phi) is 12.4. The average Bonchev–Trinajstić information content (AvgIpc) is 3.72. The van der Waals surface area contributed by atoms with Crippen LogP contribution in [0.15, 0.2) is 73.3 Å². The minimum atomic E-state index is -0.552. The summed E-state index contributed by atoms with van der Waals surface area (Å²) in [6, 6.07) is 14.4. The number of ether oxygens (including phenoxy) is 3. The second kappa shape index (κ2) is 16.9. The van der Waals surface area contributed by atoms with E-state index in [4.69, 9.17) is 49.2 Å². The lowest BCUT2D eigenvalue weighted by Gasteiger charge is -2.38. The van der Waals surface area contributed by atoms with Gasteiger partial charge in [0.25, 0.3) is 0 Å². The molecule has 15 nitrogen and oxygen atoms in total. The zero-order chi connectivity index (χ0) is 36.5. The predicted molar refractivity (Wildman–Crippen MR) is 190 cm³/mol. The number of esters is 2. The molecule has 4 aromatic rings. The van der Waals surface area contributed by atoms with E-state index in [0.29, 0.717) is 47.9 Å². The van der Waals surface area contributed by atoms with Crippen LogP contribution in [0, 0.1) is 0 Å². The SMILES string of the molecule is CC(C)(C)OC(=O)N1CC(OC(=O)/C=C/n2cnc(-c3cccc(Cl)c3)n2)C1.O=C(/C=C/n1cnc(-c2cccc(Cl)c2)n1)OC1CN(NCl)C1. The highest BCUT2D eigenvalue weighted by Gasteiger charge is 2.35. The first kappa shape index (κ1) is 37.5. The monoisotopic (exact) mass is 757 g/mol. The summed E-state index contributed by atoms with van der Waals surface area (Å²) in [5.41, 5.74) is 1.03. The normalized spacial score (nSPS) is 15.2. The average molecular weight is 759 g/mol. The molecule has 51 heavy (non-hydrogen) atoms. The van der Waals surface area contributed by atoms with Gasteiger partial charge in [0, 0.05) is 45.7 Å². The molecule has 0 atom stereocenters. The fourth-order valence-electron chi connectivity index (χ4n) is 4.46. The number of hydrogen-bond acceptors (Lipinski definition) is 12. The maximum atomic E-state index is 11.9. The predicted octanol–water partition coefficient (Wildman–Crippen LogP) is 5.19. The van der Waals surface area contributed by atoms with Gasteiger partial charge in [0.2, 0.25) is 0 Å². The number of rotatable bonds is 9. The van der Waals surface area contributed by atoms with E-state index in [-0.39, 0.29) is 12.2 Å². The van der Waals surface area contributed by atoms with Crippen molar-refractivity contribution in [2.75, 3.05) is 26.2 Å². The molecule has 2 aliphatic heterocycles. The second-order valence-electron chi connectivity index (χ2n) is 12.2. The van der Waals surface area contributed by atoms with Crippen LogP contribution in [0.2, 0.25) is 10.0 Å². The first-order chi connectivity index (χ1) is 24.3. The Hall–Kier alpha value is -4.80. The molecule has 0 spiro atoms. The highest BCUT2D eigenvalue weighted by Crippen LogP contribution is 2.21. The van der Waals surface area contributed by atoms with Crippen LogP contribution in [-0.2, 0) is 23.8 Å². The molecule has 2 aromatic heterocycles. The Balaban J connectivity index is 0.000000201. The fraction of sp³-hybridized carbons (Fsp3) is 0.303. The topological polar surface area (TPSA) is 159 Å². The van der Waals surface area contributed by atoms with Crippen LogP contribution < -0.4 is 4.94 Å². The molecule has 18 heteroatoms. The van der Waals surface area contributed by atoms with Crippen molar-refractivity contribution in [3.05, 3.63) is 83.4 Å². The zero-order valence-corrected chi connectivity index (χ0v) is 30.0. The van der Waals surface area contributed by atoms with Crippen molar-refractivity contribution in [3.63, 3.8) is 0 Å². The Morgan fingerprint density at radius 1 is 0.784 bits per heavy atom. The number of carbonyl (C=O) groups is 3. The van der Waals surface area contributed by atoms with Gasteiger partial charge in [-0.25, -0.2) is 38.7 Å². The zero-order valence-electron chi connectivity index (χ0n) is 27.7. The van der Waals surface area contributed by atoms with Gasteiger partial charge in [-0.05, 0) is 56.8 Å². The molecule has 0 bridgehead atoms. The molecule has 2 saturated heterocycles. The third kappa shape index (κ3) is 11.4. The molecule has 4 heterocycles. The molecule has 2 fully saturated rings. The van der Waals surface area contributed by atoms with Crippen LogP contribution in [0.3, 0.4) is 0 Å². The van der Waals surface area contributed by atoms with Crippen LogP contribution in [0.1, 0.15) is 20.8 Å². The van der Waals surface area contributed by atoms with Gasteiger partial charge in [0.1, 0.15) is 30.5 Å². The maximum absolute atomic E-state index is 11.9. The highest BCUT2D eigenvalue weighted by atomic mass is 35.5. The van der Waals surface area contributed by atoms with Crippen molar-refractivity contribution < 1.29 is 28.6 Å². The molecular weight excluding hydrogens is 725 g/mol. The van der Waals surface area contributed by atoms with Crippen molar-refractivity contribution >= 4 is 65.4 Å². The summed E-state index contributed by atoms with van der Waals surface area (Å²) < 4.78 is 18.6. The van der Waals surface area contributed by atoms with Crippen molar-refractivity contribution in [2.24, 2.45) is 0 Å². The summed E-state index contributed by atoms with van der Waals surface area (Å²) in [6.45, 7) is 7.16. The quantitative estimate of drug-likeness (QED) is 0.103. The van der Waals surface area contributed by atoms with Gasteiger partial charge in [-0.1, -0.05) is 47.5 Å². The molecular formula is C33H34Cl3N9O6. The molecule has 1 N–H and O–H groups in total. The maximum Gasteiger partial charge on any atom is 0.410 e. The lowest BCUT2D eigenvalue weighted by atomic mass is 10.2. The van der Waals surface area contributed by atoms with E-state index >= 15 is 0 Å². The number of amides is 1. The third-order valence-corrected chi connectivity index (χ3v) is 7.65. The van der Waals surface area contributed by atoms with E-state index in [9.17, 15) is 14.4 Å². The van der Waals surface area contributed by atoms with Crippen LogP contribution in [0.4, 0.5) is 4.79 Å². The number of likely N-dealkylation sites (tertiary alicyclic amines) is 1. The van der Waals surface area contributed by atoms with E-state index in [1.54, 1.807) is 50.0 Å². The molecule has 0 radical (unpaired) electrons. The van der Waals surface area contributed by atoms with E-state index in [1.165, 1.54) is 51.5 Å². The molecule has 268 valence electrons. The Bertz CT molecular complexity index is 1900. The minimum absolute atomic E-state index is 0.156. The number of hydrogen-bond donors (Lipinski definition) is 1. The van der Waals surface area contributed by atoms with Gasteiger partial charge in [0.15, 0.2) is 11.6 Å². The number of nitrogens with zero attached hydrogens (tertiary/aromatic N) is 8. The molecule has 0 aliphatic carbocycles. The number of hydrazine groups is 1. The van der Waals surface area contributed by atoms with Crippen molar-refractivity contribution in [3.8, 4) is 22.8 Å². The number of carbonyl (C=O) groups excluding carboxylic acids is 3. The lowest BCUT2D eigenvalue weighted by Crippen LogP contribution is -2.56. The van der Waals surface area contributed by atoms with Crippen LogP contribution in [0.5, 0.6) is 0 Å². The number of aromatic nitrogens is 6. The fourth-order valence-corrected chi connectivity index (χ4v) is 4.98. The minimum Gasteiger partial charge on any atom is -0.456 e. The summed E-state index contributed by atoms with van der Waals surface area (Å²) in [4.78, 5) is 47.7. The van der Waals surface area contributed by atoms with Crippen LogP contribution in [0.25, 0.3) is 35.2 Å². The number of nitrogens with one attached hydrogen (secondary N) is 1. The smallest absolute Gasteiger partial charge is 0.410 e. The van der Waals surface area contributed by atoms with Crippen molar-refractivity contribution in [1.29, 1.82) is 0 Å². The Morgan fingerprint density at radius 3 is 1.69 bits per heavy atom. The summed E-state index contributed by atoms with van der Waals surface area (Å²) in [7, 11) is 0. The van der Waals surface area contributed by atoms with Crippen LogP contribution >= 0.6 is 35.0 Å². The Labute approximate surface area is 308 Å². The molecule has 2 aliphatic rings. The van der Waals surface area contributed by atoms with Crippen LogP contribution in [-0.4, -0.2) is 101 Å². The molecule has 0 saturated carbocycles. The van der Waals surface area contributed by atoms with Gasteiger partial charge in [-0.2, -0.15) is 4.94 Å². The summed E-state index contributed by atoms with van der Waals surface area (Å²) in [5, 5.41) is 11.4. The van der Waals surface area contributed by atoms with Gasteiger partial charge < -0.3 is 19.1 Å².